The summed E-state index contributed by atoms with van der Waals surface area (Å²) in [7, 11) is 2.11. The first-order chi connectivity index (χ1) is 16.7. The summed E-state index contributed by atoms with van der Waals surface area (Å²) < 4.78 is 0. The fourth-order valence-corrected chi connectivity index (χ4v) is 4.20. The molecule has 0 unspecified atom stereocenters. The Morgan fingerprint density at radius 1 is 0.382 bits per heavy atom. The fourth-order valence-electron chi connectivity index (χ4n) is 4.20. The van der Waals surface area contributed by atoms with E-state index in [-0.39, 0.29) is 0 Å². The largest absolute Gasteiger partial charge is 0.345 e. The topological polar surface area (TPSA) is 6.48 Å². The molecule has 0 saturated heterocycles. The fraction of sp³-hybridized carbons (Fsp3) is 0.0625. The molecule has 0 atom stereocenters. The predicted molar refractivity (Wildman–Crippen MR) is 146 cm³/mol. The molecule has 0 spiro atoms. The van der Waals surface area contributed by atoms with E-state index in [1.54, 1.807) is 0 Å². The quantitative estimate of drug-likeness (QED) is 0.260. The molecular formula is C32H28N2. The van der Waals surface area contributed by atoms with Crippen molar-refractivity contribution >= 4 is 28.4 Å². The molecule has 0 fully saturated rings. The monoisotopic (exact) mass is 440 g/mol. The maximum atomic E-state index is 2.29. The summed E-state index contributed by atoms with van der Waals surface area (Å²) in [5, 5.41) is 0. The summed E-state index contributed by atoms with van der Waals surface area (Å²) in [4.78, 5) is 4.51. The number of aryl methyl sites for hydroxylation is 1. The van der Waals surface area contributed by atoms with Crippen molar-refractivity contribution in [2.45, 2.75) is 6.92 Å². The Hall–Kier alpha value is -4.30. The van der Waals surface area contributed by atoms with Gasteiger partial charge in [0.15, 0.2) is 0 Å². The summed E-state index contributed by atoms with van der Waals surface area (Å²) in [6, 6.07) is 47.1. The summed E-state index contributed by atoms with van der Waals surface area (Å²) >= 11 is 0. The number of anilines is 5. The second kappa shape index (κ2) is 9.68. The van der Waals surface area contributed by atoms with Crippen LogP contribution in [-0.4, -0.2) is 7.05 Å². The third kappa shape index (κ3) is 4.57. The Labute approximate surface area is 202 Å². The number of rotatable bonds is 6. The van der Waals surface area contributed by atoms with Crippen molar-refractivity contribution in [3.05, 3.63) is 139 Å². The first kappa shape index (κ1) is 21.5. The zero-order chi connectivity index (χ0) is 23.3. The first-order valence-electron chi connectivity index (χ1n) is 11.6. The van der Waals surface area contributed by atoms with Crippen LogP contribution in [0.1, 0.15) is 5.56 Å². The Kier molecular flexibility index (Phi) is 6.13. The van der Waals surface area contributed by atoms with Crippen molar-refractivity contribution in [3.63, 3.8) is 0 Å². The van der Waals surface area contributed by atoms with Crippen LogP contribution in [0.5, 0.6) is 0 Å². The minimum Gasteiger partial charge on any atom is -0.345 e. The number of hydrogen-bond donors (Lipinski definition) is 0. The minimum atomic E-state index is 1.13. The van der Waals surface area contributed by atoms with Crippen LogP contribution in [-0.2, 0) is 0 Å². The summed E-state index contributed by atoms with van der Waals surface area (Å²) in [6.07, 6.45) is 0. The molecule has 166 valence electrons. The first-order valence-corrected chi connectivity index (χ1v) is 11.6. The Morgan fingerprint density at radius 3 is 1.32 bits per heavy atom. The summed E-state index contributed by atoms with van der Waals surface area (Å²) in [5.74, 6) is 0. The lowest BCUT2D eigenvalue weighted by molar-refractivity contribution is 1.20. The molecule has 0 aliphatic carbocycles. The number of hydrogen-bond acceptors (Lipinski definition) is 2. The van der Waals surface area contributed by atoms with Gasteiger partial charge in [0.2, 0.25) is 0 Å². The number of para-hydroxylation sites is 1. The molecule has 0 N–H and O–H groups in total. The van der Waals surface area contributed by atoms with E-state index in [0.29, 0.717) is 0 Å². The van der Waals surface area contributed by atoms with Gasteiger partial charge in [0.05, 0.1) is 0 Å². The zero-order valence-corrected chi connectivity index (χ0v) is 19.6. The van der Waals surface area contributed by atoms with E-state index in [1.165, 1.54) is 16.7 Å². The lowest BCUT2D eigenvalue weighted by Gasteiger charge is -2.27. The van der Waals surface area contributed by atoms with Gasteiger partial charge < -0.3 is 9.80 Å². The Bertz CT molecular complexity index is 1320. The third-order valence-electron chi connectivity index (χ3n) is 6.16. The average Bonchev–Trinajstić information content (AvgIpc) is 2.91. The molecule has 5 rings (SSSR count). The van der Waals surface area contributed by atoms with Crippen molar-refractivity contribution in [3.8, 4) is 11.1 Å². The highest BCUT2D eigenvalue weighted by Crippen LogP contribution is 2.36. The van der Waals surface area contributed by atoms with E-state index in [2.05, 4.69) is 151 Å². The summed E-state index contributed by atoms with van der Waals surface area (Å²) in [6.45, 7) is 2.12. The normalized spacial score (nSPS) is 10.6. The molecule has 5 aromatic rings. The van der Waals surface area contributed by atoms with Gasteiger partial charge in [-0.05, 0) is 78.7 Å². The van der Waals surface area contributed by atoms with Gasteiger partial charge in [0.25, 0.3) is 0 Å². The Balaban J connectivity index is 1.42. The second-order valence-corrected chi connectivity index (χ2v) is 8.49. The molecule has 5 aromatic carbocycles. The van der Waals surface area contributed by atoms with Crippen molar-refractivity contribution in [2.24, 2.45) is 0 Å². The maximum absolute atomic E-state index is 2.29. The zero-order valence-electron chi connectivity index (χ0n) is 19.6. The molecule has 0 radical (unpaired) electrons. The van der Waals surface area contributed by atoms with Crippen molar-refractivity contribution < 1.29 is 0 Å². The smallest absolute Gasteiger partial charge is 0.0463 e. The van der Waals surface area contributed by atoms with Gasteiger partial charge in [-0.15, -0.1) is 0 Å². The molecule has 0 saturated carbocycles. The average molecular weight is 441 g/mol. The highest BCUT2D eigenvalue weighted by Gasteiger charge is 2.13. The lowest BCUT2D eigenvalue weighted by Crippen LogP contribution is -2.11. The second-order valence-electron chi connectivity index (χ2n) is 8.49. The van der Waals surface area contributed by atoms with Crippen molar-refractivity contribution in [1.29, 1.82) is 0 Å². The minimum absolute atomic E-state index is 1.13. The van der Waals surface area contributed by atoms with Crippen molar-refractivity contribution in [2.75, 3.05) is 16.8 Å². The SMILES string of the molecule is Cc1ccc(N(c2ccccc2)c2ccc(N(C)c3ccc(-c4ccccc4)cc3)cc2)cc1. The van der Waals surface area contributed by atoms with E-state index < -0.39 is 0 Å². The van der Waals surface area contributed by atoms with Crippen LogP contribution >= 0.6 is 0 Å². The molecule has 0 bridgehead atoms. The van der Waals surface area contributed by atoms with Gasteiger partial charge in [-0.25, -0.2) is 0 Å². The number of benzene rings is 5. The summed E-state index contributed by atoms with van der Waals surface area (Å²) in [5.41, 5.74) is 9.44. The van der Waals surface area contributed by atoms with E-state index >= 15 is 0 Å². The van der Waals surface area contributed by atoms with Crippen LogP contribution in [0, 0.1) is 6.92 Å². The van der Waals surface area contributed by atoms with Crippen LogP contribution < -0.4 is 9.80 Å². The highest BCUT2D eigenvalue weighted by atomic mass is 15.1. The van der Waals surface area contributed by atoms with Gasteiger partial charge in [-0.1, -0.05) is 78.4 Å². The molecule has 0 amide bonds. The van der Waals surface area contributed by atoms with Gasteiger partial charge in [-0.3, -0.25) is 0 Å². The third-order valence-corrected chi connectivity index (χ3v) is 6.16. The van der Waals surface area contributed by atoms with E-state index in [1.807, 2.05) is 6.07 Å². The molecule has 0 aliphatic heterocycles. The molecule has 0 aromatic heterocycles. The van der Waals surface area contributed by atoms with Crippen LogP contribution in [0.2, 0.25) is 0 Å². The van der Waals surface area contributed by atoms with E-state index in [9.17, 15) is 0 Å². The van der Waals surface area contributed by atoms with E-state index in [0.717, 1.165) is 28.4 Å². The molecule has 0 aliphatic rings. The van der Waals surface area contributed by atoms with E-state index in [4.69, 9.17) is 0 Å². The maximum Gasteiger partial charge on any atom is 0.0463 e. The number of nitrogens with zero attached hydrogens (tertiary/aromatic N) is 2. The van der Waals surface area contributed by atoms with Crippen molar-refractivity contribution in [1.82, 2.24) is 0 Å². The van der Waals surface area contributed by atoms with Crippen LogP contribution in [0.15, 0.2) is 133 Å². The lowest BCUT2D eigenvalue weighted by atomic mass is 10.1. The molecule has 0 heterocycles. The molecule has 2 heteroatoms. The highest BCUT2D eigenvalue weighted by molar-refractivity contribution is 5.78. The van der Waals surface area contributed by atoms with Crippen LogP contribution in [0.3, 0.4) is 0 Å². The molecule has 34 heavy (non-hydrogen) atoms. The van der Waals surface area contributed by atoms with Crippen LogP contribution in [0.4, 0.5) is 28.4 Å². The predicted octanol–water partition coefficient (Wildman–Crippen LogP) is 8.90. The molecular weight excluding hydrogens is 412 g/mol. The Morgan fingerprint density at radius 2 is 0.765 bits per heavy atom. The van der Waals surface area contributed by atoms with Crippen LogP contribution in [0.25, 0.3) is 11.1 Å². The van der Waals surface area contributed by atoms with Gasteiger partial charge >= 0.3 is 0 Å². The van der Waals surface area contributed by atoms with Gasteiger partial charge in [0, 0.05) is 35.5 Å². The standard InChI is InChI=1S/C32H28N2/c1-25-13-17-31(18-14-25)34(30-11-7-4-8-12-30)32-23-21-29(22-24-32)33(2)28-19-15-27(16-20-28)26-9-5-3-6-10-26/h3-24H,1-2H3. The molecule has 2 nitrogen and oxygen atoms in total. The van der Waals surface area contributed by atoms with Gasteiger partial charge in [-0.2, -0.15) is 0 Å². The van der Waals surface area contributed by atoms with Gasteiger partial charge in [0.1, 0.15) is 0 Å².